The third-order valence-electron chi connectivity index (χ3n) is 3.61. The number of hydrogen-bond acceptors (Lipinski definition) is 7. The first-order valence-corrected chi connectivity index (χ1v) is 6.91. The van der Waals surface area contributed by atoms with Gasteiger partial charge in [-0.15, -0.1) is 0 Å². The lowest BCUT2D eigenvalue weighted by Gasteiger charge is -2.33. The first-order chi connectivity index (χ1) is 10.1. The molecule has 1 aliphatic rings. The van der Waals surface area contributed by atoms with E-state index in [4.69, 9.17) is 11.5 Å². The predicted molar refractivity (Wildman–Crippen MR) is 83.8 cm³/mol. The third-order valence-corrected chi connectivity index (χ3v) is 3.61. The van der Waals surface area contributed by atoms with Crippen LogP contribution >= 0.6 is 0 Å². The fourth-order valence-corrected chi connectivity index (χ4v) is 2.40. The summed E-state index contributed by atoms with van der Waals surface area (Å²) in [5, 5.41) is 0. The summed E-state index contributed by atoms with van der Waals surface area (Å²) < 4.78 is 0. The van der Waals surface area contributed by atoms with Crippen LogP contribution < -0.4 is 16.4 Å². The summed E-state index contributed by atoms with van der Waals surface area (Å²) in [5.74, 6) is 1.12. The average Bonchev–Trinajstić information content (AvgIpc) is 2.47. The van der Waals surface area contributed by atoms with Crippen molar-refractivity contribution >= 4 is 17.5 Å². The van der Waals surface area contributed by atoms with Crippen molar-refractivity contribution in [2.75, 3.05) is 49.6 Å². The highest BCUT2D eigenvalue weighted by molar-refractivity contribution is 5.66. The number of nitrogens with zero attached hydrogens (tertiary/aromatic N) is 5. The van der Waals surface area contributed by atoms with Gasteiger partial charge in [0.1, 0.15) is 5.82 Å². The Hall–Kier alpha value is -2.41. The van der Waals surface area contributed by atoms with Crippen molar-refractivity contribution in [1.82, 2.24) is 19.9 Å². The fourth-order valence-electron chi connectivity index (χ4n) is 2.40. The molecule has 0 unspecified atom stereocenters. The number of nitrogen functional groups attached to an aromatic ring is 2. The van der Waals surface area contributed by atoms with E-state index in [1.807, 2.05) is 12.1 Å². The molecule has 0 amide bonds. The molecule has 0 aliphatic carbocycles. The predicted octanol–water partition coefficient (Wildman–Crippen LogP) is 0.455. The van der Waals surface area contributed by atoms with Crippen molar-refractivity contribution in [3.8, 4) is 11.3 Å². The van der Waals surface area contributed by atoms with Crippen molar-refractivity contribution < 1.29 is 0 Å². The molecule has 0 spiro atoms. The molecule has 0 bridgehead atoms. The molecule has 0 saturated carbocycles. The van der Waals surface area contributed by atoms with E-state index in [1.54, 1.807) is 12.4 Å². The Morgan fingerprint density at radius 2 is 1.76 bits per heavy atom. The van der Waals surface area contributed by atoms with Crippen molar-refractivity contribution in [1.29, 1.82) is 0 Å². The molecule has 3 heterocycles. The Morgan fingerprint density at radius 1 is 1.00 bits per heavy atom. The molecular weight excluding hydrogens is 266 g/mol. The Labute approximate surface area is 123 Å². The van der Waals surface area contributed by atoms with Gasteiger partial charge < -0.3 is 21.3 Å². The van der Waals surface area contributed by atoms with Gasteiger partial charge in [-0.05, 0) is 13.1 Å². The molecule has 21 heavy (non-hydrogen) atoms. The normalized spacial score (nSPS) is 16.1. The third kappa shape index (κ3) is 3.03. The quantitative estimate of drug-likeness (QED) is 0.827. The van der Waals surface area contributed by atoms with E-state index in [2.05, 4.69) is 31.8 Å². The Morgan fingerprint density at radius 3 is 2.48 bits per heavy atom. The minimum Gasteiger partial charge on any atom is -0.397 e. The lowest BCUT2D eigenvalue weighted by Crippen LogP contribution is -2.44. The van der Waals surface area contributed by atoms with Crippen molar-refractivity contribution in [3.63, 3.8) is 0 Å². The van der Waals surface area contributed by atoms with Gasteiger partial charge in [-0.1, -0.05) is 0 Å². The van der Waals surface area contributed by atoms with Crippen LogP contribution in [-0.2, 0) is 0 Å². The number of anilines is 3. The molecule has 2 aromatic rings. The molecule has 0 radical (unpaired) electrons. The zero-order valence-corrected chi connectivity index (χ0v) is 12.0. The van der Waals surface area contributed by atoms with E-state index >= 15 is 0 Å². The summed E-state index contributed by atoms with van der Waals surface area (Å²) in [4.78, 5) is 17.3. The highest BCUT2D eigenvalue weighted by atomic mass is 15.3. The highest BCUT2D eigenvalue weighted by Crippen LogP contribution is 2.24. The molecule has 1 fully saturated rings. The van der Waals surface area contributed by atoms with Crippen LogP contribution in [0.3, 0.4) is 0 Å². The monoisotopic (exact) mass is 285 g/mol. The Balaban J connectivity index is 1.93. The van der Waals surface area contributed by atoms with Crippen LogP contribution in [0, 0.1) is 0 Å². The molecule has 1 aliphatic heterocycles. The van der Waals surface area contributed by atoms with E-state index in [9.17, 15) is 0 Å². The number of hydrogen-bond donors (Lipinski definition) is 2. The number of pyridine rings is 1. The molecule has 2 aromatic heterocycles. The Kier molecular flexibility index (Phi) is 3.57. The van der Waals surface area contributed by atoms with Crippen LogP contribution in [0.5, 0.6) is 0 Å². The van der Waals surface area contributed by atoms with E-state index in [0.29, 0.717) is 5.69 Å². The zero-order valence-electron chi connectivity index (χ0n) is 12.0. The van der Waals surface area contributed by atoms with Gasteiger partial charge in [-0.3, -0.25) is 4.98 Å². The minimum absolute atomic E-state index is 0.267. The summed E-state index contributed by atoms with van der Waals surface area (Å²) in [7, 11) is 2.12. The van der Waals surface area contributed by atoms with Gasteiger partial charge in [0, 0.05) is 50.2 Å². The van der Waals surface area contributed by atoms with Gasteiger partial charge in [-0.25, -0.2) is 4.98 Å². The molecular formula is C14H19N7. The molecule has 7 heteroatoms. The van der Waals surface area contributed by atoms with Crippen LogP contribution in [0.1, 0.15) is 0 Å². The first-order valence-electron chi connectivity index (χ1n) is 6.91. The van der Waals surface area contributed by atoms with Crippen molar-refractivity contribution in [2.45, 2.75) is 0 Å². The molecule has 0 aromatic carbocycles. The lowest BCUT2D eigenvalue weighted by atomic mass is 10.2. The van der Waals surface area contributed by atoms with Crippen LogP contribution in [0.2, 0.25) is 0 Å². The number of likely N-dealkylation sites (N-methyl/N-ethyl adjacent to an activating group) is 1. The number of piperazine rings is 1. The number of aromatic nitrogens is 3. The van der Waals surface area contributed by atoms with Gasteiger partial charge in [0.25, 0.3) is 0 Å². The van der Waals surface area contributed by atoms with Crippen molar-refractivity contribution in [3.05, 3.63) is 24.5 Å². The number of nitrogens with two attached hydrogens (primary N) is 2. The van der Waals surface area contributed by atoms with E-state index < -0.39 is 0 Å². The van der Waals surface area contributed by atoms with E-state index in [-0.39, 0.29) is 5.95 Å². The second-order valence-corrected chi connectivity index (χ2v) is 5.27. The lowest BCUT2D eigenvalue weighted by molar-refractivity contribution is 0.312. The van der Waals surface area contributed by atoms with Gasteiger partial charge in [0.15, 0.2) is 0 Å². The van der Waals surface area contributed by atoms with Crippen LogP contribution in [0.15, 0.2) is 24.5 Å². The number of rotatable bonds is 2. The highest BCUT2D eigenvalue weighted by Gasteiger charge is 2.17. The molecule has 110 valence electrons. The molecule has 1 saturated heterocycles. The molecule has 4 N–H and O–H groups in total. The van der Waals surface area contributed by atoms with Crippen LogP contribution in [0.4, 0.5) is 17.5 Å². The maximum absolute atomic E-state index is 5.86. The summed E-state index contributed by atoms with van der Waals surface area (Å²) in [5.41, 5.74) is 13.8. The average molecular weight is 285 g/mol. The van der Waals surface area contributed by atoms with Gasteiger partial charge in [0.2, 0.25) is 5.95 Å². The summed E-state index contributed by atoms with van der Waals surface area (Å²) >= 11 is 0. The maximum Gasteiger partial charge on any atom is 0.222 e. The molecule has 7 nitrogen and oxygen atoms in total. The second-order valence-electron chi connectivity index (χ2n) is 5.27. The fraction of sp³-hybridized carbons (Fsp3) is 0.357. The summed E-state index contributed by atoms with van der Waals surface area (Å²) in [6, 6.07) is 3.78. The summed E-state index contributed by atoms with van der Waals surface area (Å²) in [6.07, 6.45) is 3.33. The SMILES string of the molecule is CN1CCN(c2cc(-c3cncc(N)c3)nc(N)n2)CC1. The molecule has 3 rings (SSSR count). The second kappa shape index (κ2) is 5.53. The van der Waals surface area contributed by atoms with Gasteiger partial charge in [0.05, 0.1) is 11.4 Å². The van der Waals surface area contributed by atoms with E-state index in [0.717, 1.165) is 43.3 Å². The van der Waals surface area contributed by atoms with Crippen molar-refractivity contribution in [2.24, 2.45) is 0 Å². The van der Waals surface area contributed by atoms with Gasteiger partial charge in [-0.2, -0.15) is 4.98 Å². The smallest absolute Gasteiger partial charge is 0.222 e. The summed E-state index contributed by atoms with van der Waals surface area (Å²) in [6.45, 7) is 3.89. The Bertz CT molecular complexity index is 635. The van der Waals surface area contributed by atoms with E-state index in [1.165, 1.54) is 0 Å². The zero-order chi connectivity index (χ0) is 14.8. The maximum atomic E-state index is 5.86. The topological polar surface area (TPSA) is 97.2 Å². The largest absolute Gasteiger partial charge is 0.397 e. The van der Waals surface area contributed by atoms with Crippen LogP contribution in [-0.4, -0.2) is 53.1 Å². The standard InChI is InChI=1S/C14H19N7/c1-20-2-4-21(5-3-20)13-7-12(18-14(16)19-13)10-6-11(15)9-17-8-10/h6-9H,2-5,15H2,1H3,(H2,16,18,19). The van der Waals surface area contributed by atoms with Gasteiger partial charge >= 0.3 is 0 Å². The van der Waals surface area contributed by atoms with Crippen LogP contribution in [0.25, 0.3) is 11.3 Å². The minimum atomic E-state index is 0.267. The first kappa shape index (κ1) is 13.6. The molecule has 0 atom stereocenters.